The van der Waals surface area contributed by atoms with Crippen LogP contribution in [0.1, 0.15) is 47.7 Å². The lowest BCUT2D eigenvalue weighted by Gasteiger charge is -2.33. The van der Waals surface area contributed by atoms with Crippen molar-refractivity contribution >= 4 is 11.3 Å². The first-order valence-electron chi connectivity index (χ1n) is 6.67. The third-order valence-electron chi connectivity index (χ3n) is 3.44. The second-order valence-electron chi connectivity index (χ2n) is 5.04. The van der Waals surface area contributed by atoms with E-state index in [1.54, 1.807) is 11.3 Å². The molecule has 1 atom stereocenters. The number of aryl methyl sites for hydroxylation is 2. The summed E-state index contributed by atoms with van der Waals surface area (Å²) in [5.74, 6) is 1.41. The standard InChI is InChI=1S/C13H18N4OS/c1-9-8-19-13(14-9)11-5-3-4-6-17(11)7-12-15-10(2)16-18-12/h8,11H,3-7H2,1-2H3. The molecule has 2 aromatic heterocycles. The smallest absolute Gasteiger partial charge is 0.240 e. The van der Waals surface area contributed by atoms with E-state index in [1.807, 2.05) is 6.92 Å². The highest BCUT2D eigenvalue weighted by Gasteiger charge is 2.27. The summed E-state index contributed by atoms with van der Waals surface area (Å²) in [7, 11) is 0. The molecule has 1 aliphatic rings. The molecule has 3 heterocycles. The molecule has 2 aromatic rings. The average Bonchev–Trinajstić information content (AvgIpc) is 2.99. The van der Waals surface area contributed by atoms with Gasteiger partial charge in [-0.25, -0.2) is 4.98 Å². The summed E-state index contributed by atoms with van der Waals surface area (Å²) in [6.07, 6.45) is 3.66. The van der Waals surface area contributed by atoms with E-state index in [9.17, 15) is 0 Å². The molecule has 1 aliphatic heterocycles. The fourth-order valence-corrected chi connectivity index (χ4v) is 3.53. The van der Waals surface area contributed by atoms with Gasteiger partial charge in [-0.1, -0.05) is 11.6 Å². The predicted octanol–water partition coefficient (Wildman–Crippen LogP) is 2.87. The average molecular weight is 278 g/mol. The van der Waals surface area contributed by atoms with Crippen molar-refractivity contribution in [2.45, 2.75) is 45.7 Å². The Morgan fingerprint density at radius 3 is 2.95 bits per heavy atom. The molecular weight excluding hydrogens is 260 g/mol. The zero-order valence-electron chi connectivity index (χ0n) is 11.3. The number of hydrogen-bond acceptors (Lipinski definition) is 6. The van der Waals surface area contributed by atoms with Crippen molar-refractivity contribution in [1.82, 2.24) is 20.0 Å². The first-order valence-corrected chi connectivity index (χ1v) is 7.55. The summed E-state index contributed by atoms with van der Waals surface area (Å²) in [5, 5.41) is 7.20. The Morgan fingerprint density at radius 2 is 2.26 bits per heavy atom. The van der Waals surface area contributed by atoms with Gasteiger partial charge in [0.25, 0.3) is 0 Å². The SMILES string of the molecule is Cc1csc(C2CCCCN2Cc2nc(C)no2)n1. The quantitative estimate of drug-likeness (QED) is 0.864. The van der Waals surface area contributed by atoms with Crippen LogP contribution in [-0.2, 0) is 6.54 Å². The summed E-state index contributed by atoms with van der Waals surface area (Å²) in [5.41, 5.74) is 1.11. The van der Waals surface area contributed by atoms with Gasteiger partial charge in [0.1, 0.15) is 5.01 Å². The van der Waals surface area contributed by atoms with Crippen LogP contribution < -0.4 is 0 Å². The van der Waals surface area contributed by atoms with Crippen LogP contribution in [0.3, 0.4) is 0 Å². The summed E-state index contributed by atoms with van der Waals surface area (Å²) >= 11 is 1.76. The minimum atomic E-state index is 0.402. The maximum atomic E-state index is 5.24. The molecule has 1 fully saturated rings. The van der Waals surface area contributed by atoms with Crippen molar-refractivity contribution in [1.29, 1.82) is 0 Å². The van der Waals surface area contributed by atoms with Gasteiger partial charge in [-0.15, -0.1) is 11.3 Å². The van der Waals surface area contributed by atoms with Crippen LogP contribution in [0.2, 0.25) is 0 Å². The van der Waals surface area contributed by atoms with Gasteiger partial charge < -0.3 is 4.52 Å². The van der Waals surface area contributed by atoms with Gasteiger partial charge in [-0.05, 0) is 33.2 Å². The van der Waals surface area contributed by atoms with Crippen molar-refractivity contribution in [2.24, 2.45) is 0 Å². The van der Waals surface area contributed by atoms with E-state index < -0.39 is 0 Å². The Labute approximate surface area is 116 Å². The van der Waals surface area contributed by atoms with Crippen LogP contribution in [-0.4, -0.2) is 26.6 Å². The van der Waals surface area contributed by atoms with E-state index in [-0.39, 0.29) is 0 Å². The third kappa shape index (κ3) is 2.84. The molecule has 0 radical (unpaired) electrons. The molecule has 0 aromatic carbocycles. The second kappa shape index (κ2) is 5.38. The number of nitrogens with zero attached hydrogens (tertiary/aromatic N) is 4. The Hall–Kier alpha value is -1.27. The van der Waals surface area contributed by atoms with E-state index >= 15 is 0 Å². The second-order valence-corrected chi connectivity index (χ2v) is 5.93. The largest absolute Gasteiger partial charge is 0.338 e. The maximum Gasteiger partial charge on any atom is 0.240 e. The molecule has 1 unspecified atom stereocenters. The normalized spacial score (nSPS) is 20.8. The van der Waals surface area contributed by atoms with Crippen LogP contribution in [0, 0.1) is 13.8 Å². The van der Waals surface area contributed by atoms with Crippen LogP contribution in [0.25, 0.3) is 0 Å². The van der Waals surface area contributed by atoms with Crippen molar-refractivity contribution in [3.8, 4) is 0 Å². The fourth-order valence-electron chi connectivity index (χ4n) is 2.56. The monoisotopic (exact) mass is 278 g/mol. The molecule has 0 bridgehead atoms. The Bertz CT molecular complexity index is 550. The van der Waals surface area contributed by atoms with Gasteiger partial charge in [0.2, 0.25) is 5.89 Å². The van der Waals surface area contributed by atoms with Gasteiger partial charge in [-0.2, -0.15) is 4.98 Å². The number of likely N-dealkylation sites (tertiary alicyclic amines) is 1. The van der Waals surface area contributed by atoms with E-state index in [2.05, 4.69) is 32.3 Å². The minimum absolute atomic E-state index is 0.402. The Balaban J connectivity index is 1.77. The Morgan fingerprint density at radius 1 is 1.37 bits per heavy atom. The van der Waals surface area contributed by atoms with Crippen molar-refractivity contribution < 1.29 is 4.52 Å². The van der Waals surface area contributed by atoms with Gasteiger partial charge in [-0.3, -0.25) is 4.90 Å². The molecule has 0 aliphatic carbocycles. The fraction of sp³-hybridized carbons (Fsp3) is 0.615. The molecule has 6 heteroatoms. The summed E-state index contributed by atoms with van der Waals surface area (Å²) in [6.45, 7) is 5.70. The molecule has 102 valence electrons. The van der Waals surface area contributed by atoms with Gasteiger partial charge in [0.05, 0.1) is 12.6 Å². The molecule has 3 rings (SSSR count). The van der Waals surface area contributed by atoms with Crippen LogP contribution in [0.4, 0.5) is 0 Å². The third-order valence-corrected chi connectivity index (χ3v) is 4.51. The van der Waals surface area contributed by atoms with Crippen molar-refractivity contribution in [2.75, 3.05) is 6.54 Å². The number of aromatic nitrogens is 3. The number of piperidine rings is 1. The van der Waals surface area contributed by atoms with Gasteiger partial charge in [0, 0.05) is 11.1 Å². The van der Waals surface area contributed by atoms with Crippen LogP contribution >= 0.6 is 11.3 Å². The first-order chi connectivity index (χ1) is 9.22. The lowest BCUT2D eigenvalue weighted by molar-refractivity contribution is 0.123. The first kappa shape index (κ1) is 12.7. The zero-order valence-corrected chi connectivity index (χ0v) is 12.1. The van der Waals surface area contributed by atoms with E-state index in [0.29, 0.717) is 17.8 Å². The van der Waals surface area contributed by atoms with E-state index in [0.717, 1.165) is 18.8 Å². The van der Waals surface area contributed by atoms with Crippen LogP contribution in [0.5, 0.6) is 0 Å². The highest BCUT2D eigenvalue weighted by molar-refractivity contribution is 7.09. The molecule has 0 saturated carbocycles. The lowest BCUT2D eigenvalue weighted by Crippen LogP contribution is -2.33. The zero-order chi connectivity index (χ0) is 13.2. The summed E-state index contributed by atoms with van der Waals surface area (Å²) in [4.78, 5) is 11.4. The Kier molecular flexibility index (Phi) is 3.61. The molecule has 0 N–H and O–H groups in total. The molecule has 1 saturated heterocycles. The predicted molar refractivity (Wildman–Crippen MR) is 72.9 cm³/mol. The van der Waals surface area contributed by atoms with Gasteiger partial charge in [0.15, 0.2) is 5.82 Å². The molecule has 0 spiro atoms. The van der Waals surface area contributed by atoms with E-state index in [1.165, 1.54) is 24.3 Å². The number of hydrogen-bond donors (Lipinski definition) is 0. The van der Waals surface area contributed by atoms with Crippen molar-refractivity contribution in [3.05, 3.63) is 27.8 Å². The summed E-state index contributed by atoms with van der Waals surface area (Å²) in [6, 6.07) is 0.402. The van der Waals surface area contributed by atoms with Gasteiger partial charge >= 0.3 is 0 Å². The number of thiazole rings is 1. The molecular formula is C13H18N4OS. The van der Waals surface area contributed by atoms with Crippen LogP contribution in [0.15, 0.2) is 9.90 Å². The highest BCUT2D eigenvalue weighted by Crippen LogP contribution is 2.33. The molecule has 0 amide bonds. The van der Waals surface area contributed by atoms with Crippen molar-refractivity contribution in [3.63, 3.8) is 0 Å². The minimum Gasteiger partial charge on any atom is -0.338 e. The molecule has 5 nitrogen and oxygen atoms in total. The molecule has 19 heavy (non-hydrogen) atoms. The lowest BCUT2D eigenvalue weighted by atomic mass is 10.0. The maximum absolute atomic E-state index is 5.24. The number of rotatable bonds is 3. The van der Waals surface area contributed by atoms with E-state index in [4.69, 9.17) is 4.52 Å². The topological polar surface area (TPSA) is 55.1 Å². The summed E-state index contributed by atoms with van der Waals surface area (Å²) < 4.78 is 5.24. The highest BCUT2D eigenvalue weighted by atomic mass is 32.1.